The predicted molar refractivity (Wildman–Crippen MR) is 54.3 cm³/mol. The van der Waals surface area contributed by atoms with Crippen LogP contribution in [-0.2, 0) is 42.7 Å². The summed E-state index contributed by atoms with van der Waals surface area (Å²) in [4.78, 5) is 0.161. The predicted octanol–water partition coefficient (Wildman–Crippen LogP) is 2.48. The summed E-state index contributed by atoms with van der Waals surface area (Å²) in [5.41, 5.74) is 0. The minimum atomic E-state index is -3.45. The largest absolute Gasteiger partial charge is 0.547 e. The van der Waals surface area contributed by atoms with Crippen LogP contribution in [0.5, 0.6) is 0 Å². The van der Waals surface area contributed by atoms with Crippen molar-refractivity contribution >= 4 is 21.6 Å². The van der Waals surface area contributed by atoms with Crippen molar-refractivity contribution in [3.05, 3.63) is 41.4 Å². The van der Waals surface area contributed by atoms with Crippen molar-refractivity contribution in [2.75, 3.05) is 7.05 Å². The number of nitrogens with zero attached hydrogens (tertiary/aromatic N) is 1. The quantitative estimate of drug-likeness (QED) is 0.788. The molecule has 0 saturated carbocycles. The minimum absolute atomic E-state index is 0. The van der Waals surface area contributed by atoms with Gasteiger partial charge in [-0.1, -0.05) is 11.6 Å². The van der Waals surface area contributed by atoms with Gasteiger partial charge in [0.2, 0.25) is 0 Å². The second-order valence-electron chi connectivity index (χ2n) is 2.11. The van der Waals surface area contributed by atoms with Crippen LogP contribution in [0.15, 0.2) is 29.2 Å². The third-order valence-electron chi connectivity index (χ3n) is 1.35. The van der Waals surface area contributed by atoms with Crippen molar-refractivity contribution in [1.29, 1.82) is 0 Å². The van der Waals surface area contributed by atoms with Crippen LogP contribution < -0.4 is 0 Å². The molecule has 1 rings (SSSR count). The van der Waals surface area contributed by atoms with Gasteiger partial charge in [0.05, 0.1) is 0 Å². The molecule has 0 aromatic heterocycles. The average molecular weight is 309 g/mol. The summed E-state index contributed by atoms with van der Waals surface area (Å²) in [7, 11) is -2.21. The fourth-order valence-corrected chi connectivity index (χ4v) is 1.53. The van der Waals surface area contributed by atoms with Gasteiger partial charge in [0.15, 0.2) is 0 Å². The molecular weight excluding hydrogens is 299 g/mol. The van der Waals surface area contributed by atoms with Gasteiger partial charge in [-0.15, -0.1) is 0 Å². The smallest absolute Gasteiger partial charge is 0.101 e. The van der Waals surface area contributed by atoms with Gasteiger partial charge in [-0.3, -0.25) is 0 Å². The molecule has 0 atom stereocenters. The summed E-state index contributed by atoms with van der Waals surface area (Å²) in [5, 5.41) is 0.505. The molecule has 0 saturated heterocycles. The molecule has 1 aromatic carbocycles. The maximum Gasteiger partial charge on any atom is 0.101 e. The summed E-state index contributed by atoms with van der Waals surface area (Å²) in [6, 6.07) is 5.87. The molecule has 0 spiro atoms. The van der Waals surface area contributed by atoms with Crippen molar-refractivity contribution in [3.8, 4) is 0 Å². The molecular formula is C8H10ClNO2SY-2. The van der Waals surface area contributed by atoms with Crippen LogP contribution in [0.25, 0.3) is 4.72 Å². The van der Waals surface area contributed by atoms with E-state index in [1.807, 2.05) is 0 Å². The van der Waals surface area contributed by atoms with E-state index in [1.54, 1.807) is 0 Å². The molecule has 0 unspecified atom stereocenters. The normalized spacial score (nSPS) is 9.86. The molecule has 0 bridgehead atoms. The first kappa shape index (κ1) is 16.9. The molecule has 77 valence electrons. The Hall–Kier alpha value is 0.524. The van der Waals surface area contributed by atoms with Crippen LogP contribution in [0.2, 0.25) is 5.02 Å². The van der Waals surface area contributed by atoms with E-state index in [2.05, 4.69) is 4.72 Å². The molecule has 1 radical (unpaired) electrons. The number of sulfonamides is 1. The van der Waals surface area contributed by atoms with Gasteiger partial charge in [0, 0.05) is 42.6 Å². The van der Waals surface area contributed by atoms with Gasteiger partial charge < -0.3 is 12.1 Å². The third-order valence-corrected chi connectivity index (χ3v) is 2.95. The molecule has 0 amide bonds. The monoisotopic (exact) mass is 308 g/mol. The van der Waals surface area contributed by atoms with E-state index in [0.29, 0.717) is 5.02 Å². The van der Waals surface area contributed by atoms with Crippen LogP contribution in [-0.4, -0.2) is 15.5 Å². The van der Waals surface area contributed by atoms with Gasteiger partial charge in [-0.25, -0.2) is 8.42 Å². The van der Waals surface area contributed by atoms with E-state index in [-0.39, 0.29) is 45.0 Å². The van der Waals surface area contributed by atoms with Crippen LogP contribution in [0.4, 0.5) is 0 Å². The Kier molecular flexibility index (Phi) is 8.36. The third kappa shape index (κ3) is 4.36. The number of rotatable bonds is 2. The maximum absolute atomic E-state index is 11.1. The molecule has 0 heterocycles. The Bertz CT molecular complexity index is 363. The molecule has 0 fully saturated rings. The summed E-state index contributed by atoms with van der Waals surface area (Å²) in [6.45, 7) is 0. The van der Waals surface area contributed by atoms with E-state index >= 15 is 0 Å². The summed E-state index contributed by atoms with van der Waals surface area (Å²) in [5.74, 6) is 0. The average Bonchev–Trinajstić information content (AvgIpc) is 2.05. The van der Waals surface area contributed by atoms with Crippen LogP contribution in [0.3, 0.4) is 0 Å². The Morgan fingerprint density at radius 1 is 1.21 bits per heavy atom. The Labute approximate surface area is 115 Å². The molecule has 0 aliphatic heterocycles. The Balaban J connectivity index is 0. The number of hydrogen-bond donors (Lipinski definition) is 0. The number of halogens is 1. The zero-order valence-corrected chi connectivity index (χ0v) is 12.3. The Morgan fingerprint density at radius 2 is 1.64 bits per heavy atom. The van der Waals surface area contributed by atoms with E-state index < -0.39 is 10.0 Å². The number of hydrogen-bond acceptors (Lipinski definition) is 2. The fraction of sp³-hybridized carbons (Fsp3) is 0.125. The SMILES string of the molecule is C[N-]S(=O)(=O)c1ccc(Cl)cc1.[CH3-].[Y]. The van der Waals surface area contributed by atoms with Gasteiger partial charge in [-0.05, 0) is 24.3 Å². The van der Waals surface area contributed by atoms with E-state index in [1.165, 1.54) is 31.3 Å². The minimum Gasteiger partial charge on any atom is -0.547 e. The van der Waals surface area contributed by atoms with Crippen molar-refractivity contribution in [2.45, 2.75) is 4.90 Å². The topological polar surface area (TPSA) is 48.2 Å². The van der Waals surface area contributed by atoms with Gasteiger partial charge in [0.25, 0.3) is 0 Å². The molecule has 1 aromatic rings. The zero-order valence-electron chi connectivity index (χ0n) is 7.94. The first-order valence-electron chi connectivity index (χ1n) is 3.18. The fourth-order valence-electron chi connectivity index (χ4n) is 0.712. The summed E-state index contributed by atoms with van der Waals surface area (Å²) >= 11 is 5.58. The van der Waals surface area contributed by atoms with Crippen molar-refractivity contribution in [2.24, 2.45) is 0 Å². The van der Waals surface area contributed by atoms with Crippen LogP contribution in [0, 0.1) is 7.43 Å². The second kappa shape index (κ2) is 6.91. The zero-order chi connectivity index (χ0) is 9.19. The van der Waals surface area contributed by atoms with Crippen molar-refractivity contribution < 1.29 is 41.1 Å². The van der Waals surface area contributed by atoms with E-state index in [4.69, 9.17) is 11.6 Å². The van der Waals surface area contributed by atoms with Crippen molar-refractivity contribution in [3.63, 3.8) is 0 Å². The molecule has 0 aliphatic carbocycles. The Morgan fingerprint density at radius 3 is 2.00 bits per heavy atom. The van der Waals surface area contributed by atoms with Crippen molar-refractivity contribution in [1.82, 2.24) is 0 Å². The number of benzene rings is 1. The standard InChI is InChI=1S/C7H7ClNO2S.CH3.Y/c1-9-12(10,11)7-4-2-6(8)3-5-7;;/h2-5H,1H3;1H3;/q2*-1;. The summed E-state index contributed by atoms with van der Waals surface area (Å²) in [6.07, 6.45) is 0. The molecule has 14 heavy (non-hydrogen) atoms. The van der Waals surface area contributed by atoms with E-state index in [0.717, 1.165) is 0 Å². The first-order chi connectivity index (χ1) is 5.56. The molecule has 0 N–H and O–H groups in total. The molecule has 0 aliphatic rings. The van der Waals surface area contributed by atoms with Gasteiger partial charge in [0.1, 0.15) is 10.0 Å². The molecule has 6 heteroatoms. The first-order valence-corrected chi connectivity index (χ1v) is 5.00. The summed E-state index contributed by atoms with van der Waals surface area (Å²) < 4.78 is 25.5. The molecule has 3 nitrogen and oxygen atoms in total. The van der Waals surface area contributed by atoms with Crippen LogP contribution in [0.1, 0.15) is 0 Å². The second-order valence-corrected chi connectivity index (χ2v) is 4.33. The van der Waals surface area contributed by atoms with Gasteiger partial charge >= 0.3 is 0 Å². The van der Waals surface area contributed by atoms with E-state index in [9.17, 15) is 8.42 Å². The van der Waals surface area contributed by atoms with Gasteiger partial charge in [-0.2, -0.15) is 7.05 Å². The van der Waals surface area contributed by atoms with Crippen LogP contribution >= 0.6 is 11.6 Å². The maximum atomic E-state index is 11.1.